The second-order valence-electron chi connectivity index (χ2n) is 4.14. The molecular formula is C11H13N3OS. The number of aliphatic hydroxyl groups is 1. The van der Waals surface area contributed by atoms with Crippen LogP contribution in [0.3, 0.4) is 0 Å². The third kappa shape index (κ3) is 1.47. The average Bonchev–Trinajstić information content (AvgIpc) is 2.89. The maximum Gasteiger partial charge on any atom is 0.131 e. The highest BCUT2D eigenvalue weighted by Crippen LogP contribution is 2.35. The lowest BCUT2D eigenvalue weighted by Crippen LogP contribution is -2.05. The van der Waals surface area contributed by atoms with Crippen LogP contribution in [0, 0.1) is 0 Å². The van der Waals surface area contributed by atoms with E-state index in [4.69, 9.17) is 0 Å². The molecule has 1 aliphatic rings. The van der Waals surface area contributed by atoms with E-state index in [0.29, 0.717) is 0 Å². The zero-order valence-corrected chi connectivity index (χ0v) is 9.87. The van der Waals surface area contributed by atoms with Crippen LogP contribution in [0.1, 0.15) is 33.5 Å². The number of aryl methyl sites for hydroxylation is 3. The Hall–Kier alpha value is -1.20. The van der Waals surface area contributed by atoms with Gasteiger partial charge >= 0.3 is 0 Å². The van der Waals surface area contributed by atoms with Crippen molar-refractivity contribution >= 4 is 11.3 Å². The summed E-state index contributed by atoms with van der Waals surface area (Å²) in [5.74, 6) is 0. The van der Waals surface area contributed by atoms with E-state index in [1.54, 1.807) is 29.3 Å². The third-order valence-corrected chi connectivity index (χ3v) is 4.35. The summed E-state index contributed by atoms with van der Waals surface area (Å²) in [6.45, 7) is 0. The average molecular weight is 235 g/mol. The number of hydrogen-bond acceptors (Lipinski definition) is 4. The van der Waals surface area contributed by atoms with E-state index >= 15 is 0 Å². The van der Waals surface area contributed by atoms with E-state index < -0.39 is 6.10 Å². The summed E-state index contributed by atoms with van der Waals surface area (Å²) in [6.07, 6.45) is 4.61. The molecule has 2 aromatic rings. The third-order valence-electron chi connectivity index (χ3n) is 3.06. The number of nitrogens with zero attached hydrogens (tertiary/aromatic N) is 3. The van der Waals surface area contributed by atoms with Crippen molar-refractivity contribution in [1.29, 1.82) is 0 Å². The van der Waals surface area contributed by atoms with Crippen molar-refractivity contribution in [3.05, 3.63) is 33.3 Å². The Kier molecular flexibility index (Phi) is 2.29. The lowest BCUT2D eigenvalue weighted by atomic mass is 10.2. The van der Waals surface area contributed by atoms with Crippen LogP contribution in [0.5, 0.6) is 0 Å². The second-order valence-corrected chi connectivity index (χ2v) is 5.30. The van der Waals surface area contributed by atoms with Gasteiger partial charge in [-0.1, -0.05) is 5.21 Å². The van der Waals surface area contributed by atoms with Gasteiger partial charge in [0.25, 0.3) is 0 Å². The molecule has 16 heavy (non-hydrogen) atoms. The Morgan fingerprint density at radius 2 is 2.38 bits per heavy atom. The standard InChI is InChI=1S/C11H13N3OS/c1-14-8(6-12-13-14)11(15)10-5-7-3-2-4-9(7)16-10/h5-6,11,15H,2-4H2,1H3. The van der Waals surface area contributed by atoms with Crippen molar-refractivity contribution < 1.29 is 5.11 Å². The number of fused-ring (bicyclic) bond motifs is 1. The second kappa shape index (κ2) is 3.68. The van der Waals surface area contributed by atoms with Gasteiger partial charge in [-0.2, -0.15) is 0 Å². The number of hydrogen-bond donors (Lipinski definition) is 1. The molecule has 84 valence electrons. The highest BCUT2D eigenvalue weighted by Gasteiger charge is 2.21. The summed E-state index contributed by atoms with van der Waals surface area (Å²) < 4.78 is 1.62. The maximum atomic E-state index is 10.2. The summed E-state index contributed by atoms with van der Waals surface area (Å²) in [7, 11) is 1.80. The topological polar surface area (TPSA) is 50.9 Å². The van der Waals surface area contributed by atoms with Crippen LogP contribution >= 0.6 is 11.3 Å². The lowest BCUT2D eigenvalue weighted by Gasteiger charge is -2.07. The van der Waals surface area contributed by atoms with Crippen molar-refractivity contribution in [2.75, 3.05) is 0 Å². The molecule has 0 bridgehead atoms. The Morgan fingerprint density at radius 1 is 1.50 bits per heavy atom. The molecule has 1 aliphatic carbocycles. The molecule has 0 aromatic carbocycles. The monoisotopic (exact) mass is 235 g/mol. The zero-order valence-electron chi connectivity index (χ0n) is 9.05. The number of aromatic nitrogens is 3. The molecule has 2 heterocycles. The molecule has 1 atom stereocenters. The van der Waals surface area contributed by atoms with Gasteiger partial charge in [0.15, 0.2) is 0 Å². The molecule has 0 amide bonds. The van der Waals surface area contributed by atoms with E-state index in [9.17, 15) is 5.11 Å². The van der Waals surface area contributed by atoms with Crippen LogP contribution in [0.15, 0.2) is 12.3 Å². The van der Waals surface area contributed by atoms with E-state index in [1.807, 2.05) is 0 Å². The minimum Gasteiger partial charge on any atom is -0.381 e. The van der Waals surface area contributed by atoms with Gasteiger partial charge in [0.1, 0.15) is 6.10 Å². The number of thiophene rings is 1. The van der Waals surface area contributed by atoms with Gasteiger partial charge in [0.2, 0.25) is 0 Å². The van der Waals surface area contributed by atoms with Crippen molar-refractivity contribution in [2.24, 2.45) is 7.05 Å². The predicted octanol–water partition coefficient (Wildman–Crippen LogP) is 1.45. The molecule has 3 rings (SSSR count). The fourth-order valence-electron chi connectivity index (χ4n) is 2.18. The normalized spacial score (nSPS) is 16.4. The largest absolute Gasteiger partial charge is 0.381 e. The Morgan fingerprint density at radius 3 is 3.06 bits per heavy atom. The van der Waals surface area contributed by atoms with Gasteiger partial charge in [0.05, 0.1) is 11.9 Å². The van der Waals surface area contributed by atoms with Gasteiger partial charge < -0.3 is 5.11 Å². The van der Waals surface area contributed by atoms with E-state index in [0.717, 1.165) is 23.4 Å². The first-order valence-corrected chi connectivity index (χ1v) is 6.21. The highest BCUT2D eigenvalue weighted by atomic mass is 32.1. The summed E-state index contributed by atoms with van der Waals surface area (Å²) in [6, 6.07) is 2.13. The minimum atomic E-state index is -0.587. The first-order chi connectivity index (χ1) is 7.75. The minimum absolute atomic E-state index is 0.587. The predicted molar refractivity (Wildman–Crippen MR) is 61.4 cm³/mol. The fourth-order valence-corrected chi connectivity index (χ4v) is 3.43. The Labute approximate surface area is 97.5 Å². The lowest BCUT2D eigenvalue weighted by molar-refractivity contribution is 0.213. The summed E-state index contributed by atoms with van der Waals surface area (Å²) >= 11 is 1.72. The zero-order chi connectivity index (χ0) is 11.1. The van der Waals surface area contributed by atoms with Crippen LogP contribution < -0.4 is 0 Å². The molecule has 0 saturated heterocycles. The maximum absolute atomic E-state index is 10.2. The van der Waals surface area contributed by atoms with Gasteiger partial charge in [-0.3, -0.25) is 0 Å². The Bertz CT molecular complexity index is 496. The van der Waals surface area contributed by atoms with Gasteiger partial charge in [-0.05, 0) is 30.9 Å². The van der Waals surface area contributed by atoms with Crippen LogP contribution in [0.4, 0.5) is 0 Å². The summed E-state index contributed by atoms with van der Waals surface area (Å²) in [4.78, 5) is 2.44. The first-order valence-electron chi connectivity index (χ1n) is 5.40. The summed E-state index contributed by atoms with van der Waals surface area (Å²) in [5, 5.41) is 17.9. The van der Waals surface area contributed by atoms with Crippen LogP contribution in [-0.2, 0) is 19.9 Å². The molecule has 0 saturated carbocycles. The molecule has 0 fully saturated rings. The van der Waals surface area contributed by atoms with Gasteiger partial charge in [-0.25, -0.2) is 4.68 Å². The SMILES string of the molecule is Cn1nncc1C(O)c1cc2c(s1)CCC2. The van der Waals surface area contributed by atoms with E-state index in [-0.39, 0.29) is 0 Å². The Balaban J connectivity index is 1.95. The fraction of sp³-hybridized carbons (Fsp3) is 0.455. The number of aliphatic hydroxyl groups excluding tert-OH is 1. The summed E-state index contributed by atoms with van der Waals surface area (Å²) in [5.41, 5.74) is 2.16. The first kappa shape index (κ1) is 9.99. The molecule has 4 nitrogen and oxygen atoms in total. The molecule has 1 unspecified atom stereocenters. The molecule has 0 radical (unpaired) electrons. The van der Waals surface area contributed by atoms with Crippen LogP contribution in [0.2, 0.25) is 0 Å². The smallest absolute Gasteiger partial charge is 0.131 e. The van der Waals surface area contributed by atoms with Crippen molar-refractivity contribution in [3.63, 3.8) is 0 Å². The van der Waals surface area contributed by atoms with Gasteiger partial charge in [-0.15, -0.1) is 16.4 Å². The molecule has 0 spiro atoms. The van der Waals surface area contributed by atoms with Gasteiger partial charge in [0, 0.05) is 16.8 Å². The highest BCUT2D eigenvalue weighted by molar-refractivity contribution is 7.12. The number of rotatable bonds is 2. The van der Waals surface area contributed by atoms with Crippen LogP contribution in [0.25, 0.3) is 0 Å². The van der Waals surface area contributed by atoms with Crippen molar-refractivity contribution in [2.45, 2.75) is 25.4 Å². The van der Waals surface area contributed by atoms with Crippen molar-refractivity contribution in [3.8, 4) is 0 Å². The molecule has 1 N–H and O–H groups in total. The quantitative estimate of drug-likeness (QED) is 0.857. The molecule has 0 aliphatic heterocycles. The van der Waals surface area contributed by atoms with Crippen molar-refractivity contribution in [1.82, 2.24) is 15.0 Å². The van der Waals surface area contributed by atoms with E-state index in [2.05, 4.69) is 16.4 Å². The van der Waals surface area contributed by atoms with Crippen LogP contribution in [-0.4, -0.2) is 20.1 Å². The molecule has 5 heteroatoms. The molecular weight excluding hydrogens is 222 g/mol. The molecule has 2 aromatic heterocycles. The van der Waals surface area contributed by atoms with E-state index in [1.165, 1.54) is 16.9 Å².